The van der Waals surface area contributed by atoms with Crippen LogP contribution in [-0.4, -0.2) is 112 Å². The van der Waals surface area contributed by atoms with Crippen LogP contribution in [0, 0.1) is 21.7 Å². The van der Waals surface area contributed by atoms with E-state index in [1.54, 1.807) is 0 Å². The van der Waals surface area contributed by atoms with Crippen LogP contribution in [0.1, 0.15) is 93.9 Å². The molecule has 0 aliphatic carbocycles. The van der Waals surface area contributed by atoms with Crippen LogP contribution in [0.15, 0.2) is 0 Å². The highest BCUT2D eigenvalue weighted by Gasteiger charge is 2.43. The molecule has 0 aromatic rings. The molecule has 0 aromatic heterocycles. The molecule has 9 nitrogen and oxygen atoms in total. The lowest BCUT2D eigenvalue weighted by Crippen LogP contribution is -2.71. The Labute approximate surface area is 259 Å². The van der Waals surface area contributed by atoms with Crippen molar-refractivity contribution in [2.75, 3.05) is 78.5 Å². The van der Waals surface area contributed by atoms with Crippen LogP contribution in [-0.2, 0) is 0 Å². The van der Waals surface area contributed by atoms with Crippen LogP contribution >= 0.6 is 0 Å². The summed E-state index contributed by atoms with van der Waals surface area (Å²) in [5.41, 5.74) is 1.79. The molecule has 0 aromatic carbocycles. The maximum Gasteiger partial charge on any atom is 0.114 e. The topological polar surface area (TPSA) is 81.9 Å². The second-order valence-electron chi connectivity index (χ2n) is 15.9. The third-order valence-electron chi connectivity index (χ3n) is 11.2. The lowest BCUT2D eigenvalue weighted by Gasteiger charge is -2.54. The van der Waals surface area contributed by atoms with E-state index in [9.17, 15) is 0 Å². The molecule has 6 heterocycles. The van der Waals surface area contributed by atoms with Gasteiger partial charge in [-0.25, -0.2) is 0 Å². The van der Waals surface area contributed by atoms with Crippen LogP contribution in [0.25, 0.3) is 0 Å². The predicted molar refractivity (Wildman–Crippen MR) is 177 cm³/mol. The third-order valence-corrected chi connectivity index (χ3v) is 11.2. The molecule has 0 radical (unpaired) electrons. The SMILES string of the molecule is C1CNC2NCCCN2C1.CC1(C)CNC2NCC(C)(C)CN2C1.CCC1(CC)CNC2NCC(CC)(CC)CN2C1. The summed E-state index contributed by atoms with van der Waals surface area (Å²) in [6.07, 6.45) is 9.06. The van der Waals surface area contributed by atoms with E-state index < -0.39 is 0 Å². The summed E-state index contributed by atoms with van der Waals surface area (Å²) in [7, 11) is 0. The Hall–Kier alpha value is -0.360. The molecule has 6 aliphatic heterocycles. The van der Waals surface area contributed by atoms with Crippen LogP contribution in [0.3, 0.4) is 0 Å². The van der Waals surface area contributed by atoms with E-state index in [4.69, 9.17) is 0 Å². The summed E-state index contributed by atoms with van der Waals surface area (Å²) in [5, 5.41) is 21.4. The molecule has 6 fully saturated rings. The largest absolute Gasteiger partial charge is 0.289 e. The first-order valence-corrected chi connectivity index (χ1v) is 17.6. The van der Waals surface area contributed by atoms with Crippen molar-refractivity contribution in [2.45, 2.75) is 113 Å². The van der Waals surface area contributed by atoms with Crippen molar-refractivity contribution in [1.29, 1.82) is 0 Å². The zero-order valence-electron chi connectivity index (χ0n) is 28.8. The van der Waals surface area contributed by atoms with Crippen LogP contribution in [0.5, 0.6) is 0 Å². The number of hydrogen-bond donors (Lipinski definition) is 6. The van der Waals surface area contributed by atoms with Crippen molar-refractivity contribution in [1.82, 2.24) is 46.6 Å². The molecule has 0 spiro atoms. The summed E-state index contributed by atoms with van der Waals surface area (Å²) in [5.74, 6) is 0. The Morgan fingerprint density at radius 3 is 1.21 bits per heavy atom. The van der Waals surface area contributed by atoms with Gasteiger partial charge in [0.2, 0.25) is 0 Å². The molecule has 0 bridgehead atoms. The van der Waals surface area contributed by atoms with Gasteiger partial charge in [0.1, 0.15) is 18.9 Å². The van der Waals surface area contributed by atoms with Crippen molar-refractivity contribution in [3.8, 4) is 0 Å². The van der Waals surface area contributed by atoms with Crippen LogP contribution < -0.4 is 31.9 Å². The monoisotopic (exact) mass is 592 g/mol. The van der Waals surface area contributed by atoms with Crippen molar-refractivity contribution in [3.63, 3.8) is 0 Å². The predicted octanol–water partition coefficient (Wildman–Crippen LogP) is 2.78. The fraction of sp³-hybridized carbons (Fsp3) is 1.00. The lowest BCUT2D eigenvalue weighted by molar-refractivity contribution is -0.0506. The highest BCUT2D eigenvalue weighted by Crippen LogP contribution is 2.36. The van der Waals surface area contributed by atoms with Gasteiger partial charge in [0.25, 0.3) is 0 Å². The van der Waals surface area contributed by atoms with E-state index in [2.05, 4.69) is 102 Å². The Morgan fingerprint density at radius 2 is 0.833 bits per heavy atom. The Kier molecular flexibility index (Phi) is 12.2. The molecule has 0 amide bonds. The third kappa shape index (κ3) is 8.88. The minimum absolute atomic E-state index is 0.408. The molecule has 0 saturated carbocycles. The molecule has 246 valence electrons. The maximum atomic E-state index is 3.71. The van der Waals surface area contributed by atoms with Crippen molar-refractivity contribution in [2.24, 2.45) is 21.7 Å². The molecular formula is C33H69N9. The zero-order valence-corrected chi connectivity index (χ0v) is 28.8. The van der Waals surface area contributed by atoms with E-state index in [0.717, 1.165) is 13.1 Å². The number of rotatable bonds is 4. The number of hydrogen-bond acceptors (Lipinski definition) is 9. The zero-order chi connectivity index (χ0) is 30.4. The molecule has 0 atom stereocenters. The second kappa shape index (κ2) is 14.8. The fourth-order valence-corrected chi connectivity index (χ4v) is 7.88. The van der Waals surface area contributed by atoms with E-state index >= 15 is 0 Å². The van der Waals surface area contributed by atoms with Crippen molar-refractivity contribution < 1.29 is 0 Å². The van der Waals surface area contributed by atoms with Gasteiger partial charge < -0.3 is 0 Å². The van der Waals surface area contributed by atoms with Gasteiger partial charge in [-0.2, -0.15) is 0 Å². The summed E-state index contributed by atoms with van der Waals surface area (Å²) in [6, 6.07) is 0. The molecule has 0 unspecified atom stereocenters. The average molecular weight is 592 g/mol. The van der Waals surface area contributed by atoms with Gasteiger partial charge in [0, 0.05) is 65.4 Å². The van der Waals surface area contributed by atoms with Gasteiger partial charge in [0.15, 0.2) is 0 Å². The summed E-state index contributed by atoms with van der Waals surface area (Å²) < 4.78 is 0. The number of fused-ring (bicyclic) bond motifs is 3. The average Bonchev–Trinajstić information content (AvgIpc) is 3.00. The Balaban J connectivity index is 0.000000150. The normalized spacial score (nSPS) is 30.0. The summed E-state index contributed by atoms with van der Waals surface area (Å²) in [4.78, 5) is 7.67. The number of nitrogens with one attached hydrogen (secondary N) is 6. The molecular weight excluding hydrogens is 522 g/mol. The van der Waals surface area contributed by atoms with Gasteiger partial charge in [0.05, 0.1) is 0 Å². The number of nitrogens with zero attached hydrogens (tertiary/aromatic N) is 3. The van der Waals surface area contributed by atoms with E-state index in [1.165, 1.54) is 104 Å². The van der Waals surface area contributed by atoms with E-state index in [-0.39, 0.29) is 0 Å². The van der Waals surface area contributed by atoms with E-state index in [1.807, 2.05) is 0 Å². The molecule has 9 heteroatoms. The molecule has 6 saturated heterocycles. The lowest BCUT2D eigenvalue weighted by atomic mass is 9.76. The highest BCUT2D eigenvalue weighted by atomic mass is 15.4. The minimum atomic E-state index is 0.408. The first-order chi connectivity index (χ1) is 20.0. The quantitative estimate of drug-likeness (QED) is 0.296. The first-order valence-electron chi connectivity index (χ1n) is 17.6. The Bertz CT molecular complexity index is 735. The fourth-order valence-electron chi connectivity index (χ4n) is 7.88. The maximum absolute atomic E-state index is 3.71. The molecule has 42 heavy (non-hydrogen) atoms. The highest BCUT2D eigenvalue weighted by molar-refractivity contribution is 4.97. The van der Waals surface area contributed by atoms with Gasteiger partial charge >= 0.3 is 0 Å². The minimum Gasteiger partial charge on any atom is -0.289 e. The van der Waals surface area contributed by atoms with Crippen LogP contribution in [0.2, 0.25) is 0 Å². The molecule has 6 N–H and O–H groups in total. The smallest absolute Gasteiger partial charge is 0.114 e. The molecule has 6 rings (SSSR count). The molecule has 6 aliphatic rings. The van der Waals surface area contributed by atoms with E-state index in [0.29, 0.717) is 40.5 Å². The first kappa shape index (κ1) is 34.5. The van der Waals surface area contributed by atoms with Crippen molar-refractivity contribution >= 4 is 0 Å². The van der Waals surface area contributed by atoms with Gasteiger partial charge in [-0.05, 0) is 73.3 Å². The van der Waals surface area contributed by atoms with Gasteiger partial charge in [-0.1, -0.05) is 55.4 Å². The standard InChI is InChI=1S/C15H31N3.C11H23N3.C7H15N3/c1-5-14(6-2)9-16-13-17-10-15(7-3,8-4)12-18(13)11-14;1-10(2)5-12-9-13-6-11(3,4)8-14(9)7-10;1-3-8-7-9-4-2-6-10(7)5-1/h13,16-17H,5-12H2,1-4H3;9,12-13H,5-8H2,1-4H3;7-9H,1-6H2. The van der Waals surface area contributed by atoms with Crippen LogP contribution in [0.4, 0.5) is 0 Å². The van der Waals surface area contributed by atoms with Crippen molar-refractivity contribution in [3.05, 3.63) is 0 Å². The Morgan fingerprint density at radius 1 is 0.476 bits per heavy atom. The van der Waals surface area contributed by atoms with Gasteiger partial charge in [-0.3, -0.25) is 46.6 Å². The summed E-state index contributed by atoms with van der Waals surface area (Å²) >= 11 is 0. The second-order valence-corrected chi connectivity index (χ2v) is 15.9. The van der Waals surface area contributed by atoms with Gasteiger partial charge in [-0.15, -0.1) is 0 Å². The summed E-state index contributed by atoms with van der Waals surface area (Å²) in [6.45, 7) is 33.0.